The number of ether oxygens (including phenoxy) is 1. The van der Waals surface area contributed by atoms with Crippen molar-refractivity contribution < 1.29 is 14.6 Å². The van der Waals surface area contributed by atoms with Gasteiger partial charge in [0, 0.05) is 5.56 Å². The zero-order valence-corrected chi connectivity index (χ0v) is 12.8. The van der Waals surface area contributed by atoms with E-state index in [0.29, 0.717) is 0 Å². The minimum atomic E-state index is -0.915. The molecule has 2 aliphatic rings. The first kappa shape index (κ1) is 14.1. The molecule has 2 aromatic carbocycles. The monoisotopic (exact) mass is 306 g/mol. The van der Waals surface area contributed by atoms with Gasteiger partial charge in [0.15, 0.2) is 0 Å². The first-order valence-corrected chi connectivity index (χ1v) is 8.02. The molecule has 4 rings (SSSR count). The van der Waals surface area contributed by atoms with E-state index >= 15 is 0 Å². The maximum atomic E-state index is 11.3. The second-order valence-corrected chi connectivity index (χ2v) is 6.31. The van der Waals surface area contributed by atoms with E-state index < -0.39 is 5.97 Å². The van der Waals surface area contributed by atoms with Crippen LogP contribution in [0.4, 0.5) is 0 Å². The second kappa shape index (κ2) is 5.27. The molecule has 1 spiro atoms. The zero-order valence-electron chi connectivity index (χ0n) is 12.8. The van der Waals surface area contributed by atoms with Gasteiger partial charge in [-0.2, -0.15) is 0 Å². The van der Waals surface area contributed by atoms with Crippen molar-refractivity contribution in [1.29, 1.82) is 0 Å². The lowest BCUT2D eigenvalue weighted by Gasteiger charge is -2.34. The summed E-state index contributed by atoms with van der Waals surface area (Å²) in [4.78, 5) is 11.3. The number of hydrogen-bond donors (Lipinski definition) is 1. The highest BCUT2D eigenvalue weighted by molar-refractivity contribution is 5.92. The molecule has 116 valence electrons. The lowest BCUT2D eigenvalue weighted by Crippen LogP contribution is -2.33. The van der Waals surface area contributed by atoms with Crippen LogP contribution in [0.2, 0.25) is 0 Å². The molecule has 0 atom stereocenters. The highest BCUT2D eigenvalue weighted by Crippen LogP contribution is 2.45. The topological polar surface area (TPSA) is 46.5 Å². The molecule has 3 heteroatoms. The molecule has 0 radical (unpaired) electrons. The lowest BCUT2D eigenvalue weighted by atomic mass is 9.87. The Labute approximate surface area is 135 Å². The normalized spacial score (nSPS) is 18.2. The van der Waals surface area contributed by atoms with Crippen molar-refractivity contribution in [2.75, 3.05) is 0 Å². The van der Waals surface area contributed by atoms with Crippen LogP contribution in [-0.2, 0) is 0 Å². The molecule has 1 N–H and O–H groups in total. The minimum absolute atomic E-state index is 0.233. The van der Waals surface area contributed by atoms with Gasteiger partial charge in [-0.1, -0.05) is 30.3 Å². The van der Waals surface area contributed by atoms with Crippen LogP contribution in [0.5, 0.6) is 5.75 Å². The maximum absolute atomic E-state index is 11.3. The second-order valence-electron chi connectivity index (χ2n) is 6.31. The van der Waals surface area contributed by atoms with Crippen LogP contribution < -0.4 is 4.74 Å². The number of rotatable bonds is 2. The van der Waals surface area contributed by atoms with Crippen molar-refractivity contribution in [3.63, 3.8) is 0 Å². The molecule has 3 nitrogen and oxygen atoms in total. The van der Waals surface area contributed by atoms with Crippen molar-refractivity contribution in [3.8, 4) is 5.75 Å². The van der Waals surface area contributed by atoms with E-state index in [2.05, 4.69) is 18.2 Å². The van der Waals surface area contributed by atoms with Gasteiger partial charge in [0.25, 0.3) is 0 Å². The van der Waals surface area contributed by atoms with Gasteiger partial charge >= 0.3 is 5.97 Å². The molecule has 2 aromatic rings. The minimum Gasteiger partial charge on any atom is -0.483 e. The first-order valence-electron chi connectivity index (χ1n) is 8.02. The molecule has 0 aromatic heterocycles. The van der Waals surface area contributed by atoms with E-state index in [-0.39, 0.29) is 11.2 Å². The Balaban J connectivity index is 1.90. The number of hydrogen-bond acceptors (Lipinski definition) is 2. The fraction of sp³-hybridized carbons (Fsp3) is 0.250. The Hall–Kier alpha value is -2.55. The summed E-state index contributed by atoms with van der Waals surface area (Å²) in [5, 5.41) is 9.29. The highest BCUT2D eigenvalue weighted by Gasteiger charge is 2.38. The van der Waals surface area contributed by atoms with E-state index in [0.717, 1.165) is 35.3 Å². The number of aromatic carboxylic acids is 1. The van der Waals surface area contributed by atoms with Gasteiger partial charge in [0.1, 0.15) is 11.4 Å². The number of benzene rings is 2. The summed E-state index contributed by atoms with van der Waals surface area (Å²) in [6.07, 6.45) is 6.58. The Kier molecular flexibility index (Phi) is 3.22. The van der Waals surface area contributed by atoms with E-state index in [1.165, 1.54) is 12.8 Å². The summed E-state index contributed by atoms with van der Waals surface area (Å²) in [5.41, 5.74) is 3.11. The molecule has 23 heavy (non-hydrogen) atoms. The van der Waals surface area contributed by atoms with Crippen LogP contribution in [0, 0.1) is 0 Å². The Bertz CT molecular complexity index is 784. The van der Waals surface area contributed by atoms with Crippen molar-refractivity contribution in [1.82, 2.24) is 0 Å². The smallest absolute Gasteiger partial charge is 0.335 e. The van der Waals surface area contributed by atoms with Crippen LogP contribution in [0.15, 0.2) is 54.6 Å². The average molecular weight is 306 g/mol. The molecular formula is C20H18O3. The molecule has 0 saturated heterocycles. The van der Waals surface area contributed by atoms with Gasteiger partial charge < -0.3 is 9.84 Å². The number of fused-ring (bicyclic) bond motifs is 1. The molecule has 1 fully saturated rings. The molecule has 1 heterocycles. The van der Waals surface area contributed by atoms with Crippen LogP contribution in [0.1, 0.15) is 47.2 Å². The van der Waals surface area contributed by atoms with E-state index in [1.54, 1.807) is 18.2 Å². The first-order chi connectivity index (χ1) is 11.2. The summed E-state index contributed by atoms with van der Waals surface area (Å²) in [6, 6.07) is 15.3. The number of carbonyl (C=O) groups is 1. The van der Waals surface area contributed by atoms with Gasteiger partial charge in [-0.05, 0) is 61.1 Å². The van der Waals surface area contributed by atoms with Crippen LogP contribution >= 0.6 is 0 Å². The summed E-state index contributed by atoms with van der Waals surface area (Å²) >= 11 is 0. The van der Waals surface area contributed by atoms with E-state index in [1.807, 2.05) is 18.2 Å². The number of carboxylic acid groups (broad SMARTS) is 1. The van der Waals surface area contributed by atoms with Crippen LogP contribution in [0.25, 0.3) is 5.57 Å². The summed E-state index contributed by atoms with van der Waals surface area (Å²) in [5.74, 6) is -0.125. The third kappa shape index (κ3) is 2.42. The van der Waals surface area contributed by atoms with E-state index in [9.17, 15) is 9.90 Å². The lowest BCUT2D eigenvalue weighted by molar-refractivity contribution is 0.0696. The van der Waals surface area contributed by atoms with Crippen LogP contribution in [0.3, 0.4) is 0 Å². The molecule has 0 amide bonds. The van der Waals surface area contributed by atoms with Gasteiger partial charge in [0.05, 0.1) is 5.56 Å². The number of carboxylic acids is 1. The van der Waals surface area contributed by atoms with Gasteiger partial charge in [-0.3, -0.25) is 0 Å². The van der Waals surface area contributed by atoms with Crippen molar-refractivity contribution in [3.05, 3.63) is 71.3 Å². The SMILES string of the molecule is O=C(O)c1ccc2c(c1)C(c1ccccc1)=CC1(CCCC1)O2. The van der Waals surface area contributed by atoms with Gasteiger partial charge in [0.2, 0.25) is 0 Å². The molecule has 0 bridgehead atoms. The molecule has 1 aliphatic heterocycles. The van der Waals surface area contributed by atoms with E-state index in [4.69, 9.17) is 4.74 Å². The Morgan fingerprint density at radius 3 is 2.48 bits per heavy atom. The Morgan fingerprint density at radius 2 is 1.78 bits per heavy atom. The standard InChI is InChI=1S/C20H18O3/c21-19(22)15-8-9-18-16(12-15)17(14-6-2-1-3-7-14)13-20(23-18)10-4-5-11-20/h1-3,6-9,12-13H,4-5,10-11H2,(H,21,22). The molecular weight excluding hydrogens is 288 g/mol. The van der Waals surface area contributed by atoms with Crippen molar-refractivity contribution in [2.45, 2.75) is 31.3 Å². The maximum Gasteiger partial charge on any atom is 0.335 e. The summed E-state index contributed by atoms with van der Waals surface area (Å²) < 4.78 is 6.30. The largest absolute Gasteiger partial charge is 0.483 e. The highest BCUT2D eigenvalue weighted by atomic mass is 16.5. The van der Waals surface area contributed by atoms with Crippen molar-refractivity contribution in [2.24, 2.45) is 0 Å². The summed E-state index contributed by atoms with van der Waals surface area (Å²) in [6.45, 7) is 0. The fourth-order valence-electron chi connectivity index (χ4n) is 3.63. The third-order valence-electron chi connectivity index (χ3n) is 4.77. The summed E-state index contributed by atoms with van der Waals surface area (Å²) in [7, 11) is 0. The fourth-order valence-corrected chi connectivity index (χ4v) is 3.63. The Morgan fingerprint density at radius 1 is 1.04 bits per heavy atom. The average Bonchev–Trinajstić information content (AvgIpc) is 3.02. The zero-order chi connectivity index (χ0) is 15.9. The third-order valence-corrected chi connectivity index (χ3v) is 4.77. The van der Waals surface area contributed by atoms with Gasteiger partial charge in [-0.15, -0.1) is 0 Å². The molecule has 1 saturated carbocycles. The van der Waals surface area contributed by atoms with Crippen molar-refractivity contribution >= 4 is 11.5 Å². The van der Waals surface area contributed by atoms with Gasteiger partial charge in [-0.25, -0.2) is 4.79 Å². The molecule has 0 unspecified atom stereocenters. The van der Waals surface area contributed by atoms with Crippen LogP contribution in [-0.4, -0.2) is 16.7 Å². The predicted octanol–water partition coefficient (Wildman–Crippen LogP) is 4.52. The molecule has 1 aliphatic carbocycles. The quantitative estimate of drug-likeness (QED) is 0.887. The predicted molar refractivity (Wildman–Crippen MR) is 88.7 cm³/mol.